The first-order chi connectivity index (χ1) is 15.0. The van der Waals surface area contributed by atoms with Crippen molar-refractivity contribution >= 4 is 25.4 Å². The second-order valence-electron chi connectivity index (χ2n) is 9.18. The molecule has 1 N–H and O–H groups in total. The second-order valence-corrected chi connectivity index (χ2v) is 10.6. The molecule has 0 radical (unpaired) electrons. The lowest BCUT2D eigenvalue weighted by Crippen LogP contribution is -2.49. The van der Waals surface area contributed by atoms with Crippen LogP contribution in [0, 0.1) is 6.92 Å². The first-order valence-electron chi connectivity index (χ1n) is 11.2. The number of hydrogen-bond donors (Lipinski definition) is 1. The zero-order valence-electron chi connectivity index (χ0n) is 18.0. The Bertz CT molecular complexity index is 1160. The molecule has 1 saturated heterocycles. The average molecular weight is 433 g/mol. The van der Waals surface area contributed by atoms with Gasteiger partial charge in [-0.1, -0.05) is 14.7 Å². The minimum absolute atomic E-state index is 0.0821. The third-order valence-electron chi connectivity index (χ3n) is 6.61. The Balaban J connectivity index is 1.31. The summed E-state index contributed by atoms with van der Waals surface area (Å²) in [4.78, 5) is 22.2. The van der Waals surface area contributed by atoms with Crippen LogP contribution in [0.2, 0.25) is 0 Å². The molecule has 5 heterocycles. The van der Waals surface area contributed by atoms with Gasteiger partial charge in [-0.15, -0.1) is 0 Å². The molecule has 3 aliphatic heterocycles. The van der Waals surface area contributed by atoms with E-state index in [0.717, 1.165) is 47.6 Å². The minimum Gasteiger partial charge on any atom is -0.368 e. The third kappa shape index (κ3) is 3.52. The van der Waals surface area contributed by atoms with Crippen LogP contribution in [0.3, 0.4) is 0 Å². The highest BCUT2D eigenvalue weighted by atomic mass is 31.1. The molecule has 1 saturated carbocycles. The Hall–Kier alpha value is -2.43. The van der Waals surface area contributed by atoms with Crippen molar-refractivity contribution in [2.75, 3.05) is 19.6 Å². The Morgan fingerprint density at radius 1 is 1.26 bits per heavy atom. The number of carbonyl (C=O) groups excluding carboxylic acids is 1. The lowest BCUT2D eigenvalue weighted by Gasteiger charge is -2.39. The van der Waals surface area contributed by atoms with Crippen molar-refractivity contribution in [1.82, 2.24) is 24.5 Å². The van der Waals surface area contributed by atoms with Crippen LogP contribution in [0.4, 0.5) is 0 Å². The van der Waals surface area contributed by atoms with Crippen LogP contribution in [0.1, 0.15) is 42.5 Å². The Morgan fingerprint density at radius 3 is 2.94 bits per heavy atom. The van der Waals surface area contributed by atoms with Crippen LogP contribution in [0.5, 0.6) is 0 Å². The number of rotatable bonds is 3. The van der Waals surface area contributed by atoms with E-state index in [1.165, 1.54) is 18.4 Å². The number of imidazole rings is 1. The molecule has 2 fully saturated rings. The smallest absolute Gasteiger partial charge is 0.252 e. The number of aryl methyl sites for hydroxylation is 1. The maximum Gasteiger partial charge on any atom is 0.252 e. The molecule has 3 atom stereocenters. The fourth-order valence-corrected chi connectivity index (χ4v) is 6.24. The van der Waals surface area contributed by atoms with Crippen molar-refractivity contribution in [3.05, 3.63) is 65.4 Å². The molecule has 6 nitrogen and oxygen atoms in total. The third-order valence-corrected chi connectivity index (χ3v) is 8.12. The van der Waals surface area contributed by atoms with Gasteiger partial charge in [0.1, 0.15) is 5.65 Å². The van der Waals surface area contributed by atoms with Gasteiger partial charge in [-0.05, 0) is 61.2 Å². The molecule has 2 aromatic heterocycles. The minimum atomic E-state index is 0.0821. The van der Waals surface area contributed by atoms with Crippen LogP contribution in [-0.2, 0) is 4.79 Å². The number of allylic oxidation sites excluding steroid dienone is 1. The van der Waals surface area contributed by atoms with Gasteiger partial charge in [0.2, 0.25) is 0 Å². The number of nitrogens with zero attached hydrogens (tertiary/aromatic N) is 4. The molecular weight excluding hydrogens is 405 g/mol. The number of carbonyl (C=O) groups is 1. The van der Waals surface area contributed by atoms with Crippen LogP contribution in [-0.4, -0.2) is 56.6 Å². The van der Waals surface area contributed by atoms with Gasteiger partial charge in [0, 0.05) is 50.3 Å². The molecule has 2 aromatic rings. The summed E-state index contributed by atoms with van der Waals surface area (Å²) in [7, 11) is 0.538. The molecule has 4 aliphatic rings. The number of fused-ring (bicyclic) bond motifs is 2. The molecule has 1 aliphatic carbocycles. The van der Waals surface area contributed by atoms with Crippen LogP contribution >= 0.6 is 8.58 Å². The molecule has 7 heteroatoms. The van der Waals surface area contributed by atoms with Gasteiger partial charge in [-0.25, -0.2) is 4.98 Å². The largest absolute Gasteiger partial charge is 0.368 e. The molecule has 1 amide bonds. The monoisotopic (exact) mass is 433 g/mol. The van der Waals surface area contributed by atoms with Crippen LogP contribution < -0.4 is 5.32 Å². The molecule has 0 bridgehead atoms. The van der Waals surface area contributed by atoms with Gasteiger partial charge in [0.05, 0.1) is 17.2 Å². The summed E-state index contributed by atoms with van der Waals surface area (Å²) in [5, 5.41) is 4.63. The summed E-state index contributed by atoms with van der Waals surface area (Å²) in [6.07, 6.45) is 15.1. The zero-order chi connectivity index (χ0) is 21.1. The fraction of sp³-hybridized carbons (Fsp3) is 0.417. The molecule has 160 valence electrons. The van der Waals surface area contributed by atoms with Gasteiger partial charge in [0.15, 0.2) is 0 Å². The Labute approximate surface area is 184 Å². The van der Waals surface area contributed by atoms with E-state index in [0.29, 0.717) is 20.5 Å². The first-order valence-corrected chi connectivity index (χ1v) is 12.3. The van der Waals surface area contributed by atoms with Crippen LogP contribution in [0.25, 0.3) is 11.0 Å². The van der Waals surface area contributed by atoms with Gasteiger partial charge in [-0.3, -0.25) is 4.79 Å². The number of piperazine rings is 1. The van der Waals surface area contributed by atoms with E-state index in [1.54, 1.807) is 0 Å². The summed E-state index contributed by atoms with van der Waals surface area (Å²) in [5.41, 5.74) is 5.76. The van der Waals surface area contributed by atoms with Gasteiger partial charge < -0.3 is 19.5 Å². The van der Waals surface area contributed by atoms with Crippen molar-refractivity contribution in [3.8, 4) is 0 Å². The summed E-state index contributed by atoms with van der Waals surface area (Å²) < 4.78 is 2.15. The van der Waals surface area contributed by atoms with Crippen molar-refractivity contribution < 1.29 is 4.79 Å². The molecular formula is C24H28N5OP. The molecule has 0 aromatic carbocycles. The highest BCUT2D eigenvalue weighted by Crippen LogP contribution is 2.47. The van der Waals surface area contributed by atoms with E-state index < -0.39 is 0 Å². The second kappa shape index (κ2) is 7.32. The standard InChI is InChI=1S/C24H28N5OP/c1-15-11-27(8-7-25-15)19-5-6-23-29(14-19)22(30)10-21(31-23)18-9-20(17-3-4-17)24-26-16(2)12-28(24)13-18/h5-6,9-10,12-15,17,23,25,31H,3-4,7-8,11H2,1-2H3/t15-,23?/m0/s1. The van der Waals surface area contributed by atoms with Crippen molar-refractivity contribution in [2.45, 2.75) is 44.4 Å². The number of nitrogens with one attached hydrogen (secondary N) is 1. The van der Waals surface area contributed by atoms with Gasteiger partial charge >= 0.3 is 0 Å². The van der Waals surface area contributed by atoms with E-state index in [1.807, 2.05) is 17.9 Å². The first kappa shape index (κ1) is 19.3. The number of aromatic nitrogens is 2. The SMILES string of the molecule is Cc1cn2cc(C3=CC(=O)N4C=C(N5CCN[C@@H](C)C5)C=CC4P3)cc(C3CC3)c2n1. The van der Waals surface area contributed by atoms with E-state index in [-0.39, 0.29) is 11.7 Å². The quantitative estimate of drug-likeness (QED) is 0.754. The highest BCUT2D eigenvalue weighted by Gasteiger charge is 2.32. The Morgan fingerprint density at radius 2 is 2.13 bits per heavy atom. The molecule has 0 spiro atoms. The molecule has 2 unspecified atom stereocenters. The summed E-state index contributed by atoms with van der Waals surface area (Å²) >= 11 is 0. The zero-order valence-corrected chi connectivity index (χ0v) is 19.0. The summed E-state index contributed by atoms with van der Waals surface area (Å²) in [6.45, 7) is 7.18. The molecule has 6 rings (SSSR count). The van der Waals surface area contributed by atoms with Gasteiger partial charge in [0.25, 0.3) is 5.91 Å². The number of hydrogen-bond acceptors (Lipinski definition) is 4. The summed E-state index contributed by atoms with van der Waals surface area (Å²) in [6, 6.07) is 2.76. The normalized spacial score (nSPS) is 27.0. The highest BCUT2D eigenvalue weighted by molar-refractivity contribution is 7.51. The maximum absolute atomic E-state index is 13.1. The van der Waals surface area contributed by atoms with E-state index in [2.05, 4.69) is 58.4 Å². The predicted molar refractivity (Wildman–Crippen MR) is 125 cm³/mol. The van der Waals surface area contributed by atoms with Crippen molar-refractivity contribution in [1.29, 1.82) is 0 Å². The van der Waals surface area contributed by atoms with Crippen molar-refractivity contribution in [3.63, 3.8) is 0 Å². The Kier molecular flexibility index (Phi) is 4.55. The predicted octanol–water partition coefficient (Wildman–Crippen LogP) is 3.41. The maximum atomic E-state index is 13.1. The fourth-order valence-electron chi connectivity index (χ4n) is 4.88. The van der Waals surface area contributed by atoms with Crippen molar-refractivity contribution in [2.24, 2.45) is 0 Å². The van der Waals surface area contributed by atoms with Gasteiger partial charge in [-0.2, -0.15) is 0 Å². The number of amides is 1. The molecule has 31 heavy (non-hydrogen) atoms. The van der Waals surface area contributed by atoms with E-state index >= 15 is 0 Å². The topological polar surface area (TPSA) is 52.9 Å². The lowest BCUT2D eigenvalue weighted by molar-refractivity contribution is -0.123. The summed E-state index contributed by atoms with van der Waals surface area (Å²) in [5.74, 6) is 0.810. The van der Waals surface area contributed by atoms with Crippen LogP contribution in [0.15, 0.2) is 48.6 Å². The van der Waals surface area contributed by atoms with E-state index in [9.17, 15) is 4.79 Å². The average Bonchev–Trinajstić information content (AvgIpc) is 3.53. The lowest BCUT2D eigenvalue weighted by atomic mass is 10.1. The number of pyridine rings is 1. The van der Waals surface area contributed by atoms with E-state index in [4.69, 9.17) is 4.98 Å².